The molecule has 0 spiro atoms. The summed E-state index contributed by atoms with van der Waals surface area (Å²) in [4.78, 5) is 82.2. The third kappa shape index (κ3) is 8.17. The van der Waals surface area contributed by atoms with E-state index in [4.69, 9.17) is 5.73 Å². The first-order valence-corrected chi connectivity index (χ1v) is 18.1. The van der Waals surface area contributed by atoms with E-state index in [1.807, 2.05) is 13.8 Å². The van der Waals surface area contributed by atoms with Gasteiger partial charge in [-0.15, -0.1) is 11.8 Å². The Bertz CT molecular complexity index is 1190. The van der Waals surface area contributed by atoms with Crippen LogP contribution in [0.25, 0.3) is 0 Å². The minimum absolute atomic E-state index is 0.0961. The van der Waals surface area contributed by atoms with Gasteiger partial charge >= 0.3 is 6.03 Å². The van der Waals surface area contributed by atoms with E-state index in [2.05, 4.69) is 36.7 Å². The van der Waals surface area contributed by atoms with E-state index >= 15 is 0 Å². The van der Waals surface area contributed by atoms with Crippen LogP contribution in [0.4, 0.5) is 4.79 Å². The van der Waals surface area contributed by atoms with Crippen molar-refractivity contribution in [3.63, 3.8) is 0 Å². The van der Waals surface area contributed by atoms with Gasteiger partial charge in [-0.3, -0.25) is 24.0 Å². The third-order valence-electron chi connectivity index (χ3n) is 10.8. The number of rotatable bonds is 16. The van der Waals surface area contributed by atoms with Gasteiger partial charge in [0.25, 0.3) is 11.7 Å². The van der Waals surface area contributed by atoms with Gasteiger partial charge in [0, 0.05) is 20.1 Å². The molecule has 46 heavy (non-hydrogen) atoms. The maximum absolute atomic E-state index is 14.1. The second-order valence-corrected chi connectivity index (χ2v) is 15.8. The van der Waals surface area contributed by atoms with Crippen LogP contribution in [-0.4, -0.2) is 94.6 Å². The molecule has 0 radical (unpaired) electrons. The molecule has 0 aromatic rings. The van der Waals surface area contributed by atoms with Crippen molar-refractivity contribution in [1.29, 1.82) is 0 Å². The van der Waals surface area contributed by atoms with Crippen LogP contribution in [-0.2, 0) is 24.0 Å². The maximum Gasteiger partial charge on any atom is 0.316 e. The molecule has 4 fully saturated rings. The number of Topliss-reactive ketones (excluding diaryl/α,β-unsaturated/α-hetero) is 1. The molecular weight excluding hydrogens is 608 g/mol. The largest absolute Gasteiger partial charge is 0.363 e. The van der Waals surface area contributed by atoms with Crippen LogP contribution in [0, 0.1) is 47.3 Å². The van der Waals surface area contributed by atoms with E-state index in [0.29, 0.717) is 36.6 Å². The van der Waals surface area contributed by atoms with Crippen molar-refractivity contribution < 1.29 is 28.8 Å². The normalized spacial score (nSPS) is 27.8. The molecule has 1 aliphatic heterocycles. The Kier molecular flexibility index (Phi) is 11.7. The number of ketones is 1. The monoisotopic (exact) mass is 662 g/mol. The molecule has 1 heterocycles. The van der Waals surface area contributed by atoms with Gasteiger partial charge in [0.2, 0.25) is 17.7 Å². The van der Waals surface area contributed by atoms with Crippen molar-refractivity contribution in [2.75, 3.05) is 25.9 Å². The van der Waals surface area contributed by atoms with Crippen molar-refractivity contribution in [2.45, 2.75) is 97.1 Å². The van der Waals surface area contributed by atoms with Crippen LogP contribution in [0.5, 0.6) is 0 Å². The molecule has 258 valence electrons. The first-order chi connectivity index (χ1) is 21.7. The molecule has 3 saturated carbocycles. The summed E-state index contributed by atoms with van der Waals surface area (Å²) in [5, 5.41) is 7.20. The summed E-state index contributed by atoms with van der Waals surface area (Å²) in [6.45, 7) is 12.8. The number of hydrogen-bond donors (Lipinski definition) is 4. The minimum Gasteiger partial charge on any atom is -0.363 e. The van der Waals surface area contributed by atoms with Crippen LogP contribution < -0.4 is 21.7 Å². The predicted molar refractivity (Wildman–Crippen MR) is 176 cm³/mol. The van der Waals surface area contributed by atoms with E-state index in [0.717, 1.165) is 25.7 Å². The molecule has 9 atom stereocenters. The number of primary amides is 1. The Hall–Kier alpha value is -2.83. The van der Waals surface area contributed by atoms with Crippen LogP contribution in [0.2, 0.25) is 0 Å². The SMILES string of the molecule is CC[C@H](NC(=O)N[C@H](C(=O)N(C)CC1CC1)C(C)C)C(=O)N1C[C@@H]2C(C)C(C)[C@@H]2[C@H]1C(=O)NC(SC[C@@H](C)C1CC1)C(=O)C(N)=O. The van der Waals surface area contributed by atoms with E-state index < -0.39 is 53.0 Å². The zero-order valence-corrected chi connectivity index (χ0v) is 29.2. The molecule has 13 heteroatoms. The smallest absolute Gasteiger partial charge is 0.316 e. The highest BCUT2D eigenvalue weighted by atomic mass is 32.2. The molecule has 4 rings (SSSR count). The number of fused-ring (bicyclic) bond motifs is 1. The summed E-state index contributed by atoms with van der Waals surface area (Å²) >= 11 is 1.21. The fourth-order valence-corrected chi connectivity index (χ4v) is 8.46. The van der Waals surface area contributed by atoms with Crippen molar-refractivity contribution in [3.8, 4) is 0 Å². The summed E-state index contributed by atoms with van der Waals surface area (Å²) in [5.74, 6) is -0.750. The number of carbonyl (C=O) groups excluding carboxylic acids is 6. The Labute approximate surface area is 277 Å². The molecule has 5 N–H and O–H groups in total. The molecule has 3 aliphatic carbocycles. The Balaban J connectivity index is 1.45. The average Bonchev–Trinajstić information content (AvgIpc) is 3.96. The van der Waals surface area contributed by atoms with Gasteiger partial charge in [-0.05, 0) is 85.2 Å². The van der Waals surface area contributed by atoms with Gasteiger partial charge in [-0.25, -0.2) is 4.79 Å². The second-order valence-electron chi connectivity index (χ2n) is 14.6. The van der Waals surface area contributed by atoms with Gasteiger partial charge < -0.3 is 31.5 Å². The molecule has 0 aromatic carbocycles. The lowest BCUT2D eigenvalue weighted by molar-refractivity contribution is -0.142. The number of likely N-dealkylation sites (tertiary alicyclic amines) is 1. The van der Waals surface area contributed by atoms with Crippen molar-refractivity contribution in [2.24, 2.45) is 53.1 Å². The van der Waals surface area contributed by atoms with Crippen LogP contribution >= 0.6 is 11.8 Å². The summed E-state index contributed by atoms with van der Waals surface area (Å²) in [6, 6.07) is -3.15. The Morgan fingerprint density at radius 2 is 1.61 bits per heavy atom. The lowest BCUT2D eigenvalue weighted by Crippen LogP contribution is -2.60. The zero-order valence-electron chi connectivity index (χ0n) is 28.4. The summed E-state index contributed by atoms with van der Waals surface area (Å²) in [5.41, 5.74) is 5.35. The Morgan fingerprint density at radius 1 is 0.957 bits per heavy atom. The van der Waals surface area contributed by atoms with Gasteiger partial charge in [-0.2, -0.15) is 0 Å². The summed E-state index contributed by atoms with van der Waals surface area (Å²) in [7, 11) is 1.75. The molecule has 0 aromatic heterocycles. The standard InChI is InChI=1S/C33H54N6O6S/c1-8-23(35-33(45)36-25(16(2)3)32(44)38(7)13-20-9-10-20)31(43)39-14-22-18(5)19(6)24(22)26(39)29(42)37-30(27(40)28(34)41)46-15-17(4)21-11-12-21/h16-26,30H,8-15H2,1-7H3,(H2,34,41)(H,37,42)(H2,35,36,45)/t17-,18?,19?,22-,23+,24+,25+,26+,30?/m1/s1. The van der Waals surface area contributed by atoms with Crippen LogP contribution in [0.1, 0.15) is 73.6 Å². The van der Waals surface area contributed by atoms with Crippen LogP contribution in [0.15, 0.2) is 0 Å². The van der Waals surface area contributed by atoms with E-state index in [1.165, 1.54) is 16.7 Å². The van der Waals surface area contributed by atoms with Gasteiger partial charge in [-0.1, -0.05) is 41.5 Å². The van der Waals surface area contributed by atoms with E-state index in [1.54, 1.807) is 18.9 Å². The minimum atomic E-state index is -1.13. The fourth-order valence-electron chi connectivity index (χ4n) is 7.22. The molecule has 4 aliphatic rings. The number of amides is 6. The number of urea groups is 1. The third-order valence-corrected chi connectivity index (χ3v) is 12.2. The number of thioether (sulfide) groups is 1. The zero-order chi connectivity index (χ0) is 34.0. The fraction of sp³-hybridized carbons (Fsp3) is 0.818. The molecule has 3 unspecified atom stereocenters. The highest BCUT2D eigenvalue weighted by Gasteiger charge is 2.59. The van der Waals surface area contributed by atoms with Gasteiger partial charge in [0.1, 0.15) is 23.5 Å². The number of carbonyl (C=O) groups is 6. The van der Waals surface area contributed by atoms with Gasteiger partial charge in [0.15, 0.2) is 0 Å². The molecule has 6 amide bonds. The number of nitrogens with one attached hydrogen (secondary N) is 3. The number of nitrogens with zero attached hydrogens (tertiary/aromatic N) is 2. The Morgan fingerprint density at radius 3 is 2.15 bits per heavy atom. The molecular formula is C33H54N6O6S. The second kappa shape index (κ2) is 14.9. The summed E-state index contributed by atoms with van der Waals surface area (Å²) < 4.78 is 0. The summed E-state index contributed by atoms with van der Waals surface area (Å²) in [6.07, 6.45) is 4.76. The first kappa shape index (κ1) is 36.0. The highest BCUT2D eigenvalue weighted by Crippen LogP contribution is 2.53. The van der Waals surface area contributed by atoms with Crippen molar-refractivity contribution >= 4 is 47.2 Å². The average molecular weight is 663 g/mol. The lowest BCUT2D eigenvalue weighted by atomic mass is 9.58. The molecule has 1 saturated heterocycles. The van der Waals surface area contributed by atoms with E-state index in [9.17, 15) is 28.8 Å². The quantitative estimate of drug-likeness (QED) is 0.145. The van der Waals surface area contributed by atoms with Crippen LogP contribution in [0.3, 0.4) is 0 Å². The van der Waals surface area contributed by atoms with Crippen molar-refractivity contribution in [3.05, 3.63) is 0 Å². The first-order valence-electron chi connectivity index (χ1n) is 17.0. The van der Waals surface area contributed by atoms with E-state index in [-0.39, 0.29) is 41.9 Å². The molecule has 0 bridgehead atoms. The number of hydrogen-bond acceptors (Lipinski definition) is 7. The maximum atomic E-state index is 14.1. The lowest BCUT2D eigenvalue weighted by Gasteiger charge is -2.46. The van der Waals surface area contributed by atoms with Crippen molar-refractivity contribution in [1.82, 2.24) is 25.8 Å². The van der Waals surface area contributed by atoms with Gasteiger partial charge in [0.05, 0.1) is 0 Å². The highest BCUT2D eigenvalue weighted by molar-refractivity contribution is 8.00. The number of likely N-dealkylation sites (N-methyl/N-ethyl adjacent to an activating group) is 1. The molecule has 12 nitrogen and oxygen atoms in total. The topological polar surface area (TPSA) is 171 Å². The predicted octanol–water partition coefficient (Wildman–Crippen LogP) is 1.96. The number of nitrogens with two attached hydrogens (primary N) is 1.